The predicted octanol–water partition coefficient (Wildman–Crippen LogP) is 2.68. The number of morpholine rings is 1. The van der Waals surface area contributed by atoms with Crippen molar-refractivity contribution in [1.82, 2.24) is 14.2 Å². The number of esters is 1. The molecule has 0 spiro atoms. The molecule has 2 saturated heterocycles. The molecule has 1 atom stereocenters. The van der Waals surface area contributed by atoms with E-state index in [1.54, 1.807) is 11.1 Å². The summed E-state index contributed by atoms with van der Waals surface area (Å²) in [5.74, 6) is -1.05. The lowest BCUT2D eigenvalue weighted by atomic mass is 10.0. The molecule has 224 valence electrons. The van der Waals surface area contributed by atoms with Crippen molar-refractivity contribution in [3.8, 4) is 0 Å². The monoisotopic (exact) mass is 599 g/mol. The number of amides is 1. The molecule has 1 aromatic heterocycles. The quantitative estimate of drug-likeness (QED) is 0.203. The number of nitro benzene ring substituents is 1. The zero-order chi connectivity index (χ0) is 29.7. The first-order valence-corrected chi connectivity index (χ1v) is 15.3. The Hall–Kier alpha value is -4.01. The van der Waals surface area contributed by atoms with E-state index in [0.717, 1.165) is 41.8 Å². The topological polar surface area (TPSA) is 164 Å². The highest BCUT2D eigenvalue weighted by Crippen LogP contribution is 2.31. The number of ether oxygens (including phenoxy) is 2. The lowest BCUT2D eigenvalue weighted by molar-refractivity contribution is -0.384. The molecule has 0 radical (unpaired) electrons. The Labute approximate surface area is 243 Å². The van der Waals surface area contributed by atoms with Crippen LogP contribution in [0, 0.1) is 10.1 Å². The van der Waals surface area contributed by atoms with Crippen LogP contribution in [-0.2, 0) is 35.5 Å². The van der Waals surface area contributed by atoms with Crippen LogP contribution in [0.3, 0.4) is 0 Å². The van der Waals surface area contributed by atoms with E-state index in [1.165, 1.54) is 16.4 Å². The van der Waals surface area contributed by atoms with E-state index >= 15 is 0 Å². The minimum absolute atomic E-state index is 0.0509. The molecule has 1 amide bonds. The zero-order valence-corrected chi connectivity index (χ0v) is 23.8. The number of aromatic amines is 1. The number of nitro groups is 1. The lowest BCUT2D eigenvalue weighted by Crippen LogP contribution is -2.41. The first-order chi connectivity index (χ1) is 20.2. The third kappa shape index (κ3) is 6.55. The van der Waals surface area contributed by atoms with Gasteiger partial charge in [-0.2, -0.15) is 4.31 Å². The van der Waals surface area contributed by atoms with Gasteiger partial charge in [-0.05, 0) is 43.0 Å². The summed E-state index contributed by atoms with van der Waals surface area (Å²) in [5.41, 5.74) is 1.05. The normalized spacial score (nSPS) is 17.1. The van der Waals surface area contributed by atoms with Crippen molar-refractivity contribution in [3.05, 3.63) is 64.3 Å². The van der Waals surface area contributed by atoms with Gasteiger partial charge in [-0.1, -0.05) is 18.2 Å². The summed E-state index contributed by atoms with van der Waals surface area (Å²) < 4.78 is 38.1. The fourth-order valence-corrected chi connectivity index (χ4v) is 6.68. The number of para-hydroxylation sites is 1. The molecule has 3 heterocycles. The number of hydrogen-bond acceptors (Lipinski definition) is 9. The van der Waals surface area contributed by atoms with Crippen molar-refractivity contribution >= 4 is 44.2 Å². The van der Waals surface area contributed by atoms with Gasteiger partial charge < -0.3 is 24.7 Å². The number of benzene rings is 2. The van der Waals surface area contributed by atoms with Gasteiger partial charge in [0.15, 0.2) is 6.61 Å². The molecule has 14 heteroatoms. The molecular formula is C28H33N5O8S. The number of carbonyl (C=O) groups is 2. The Balaban J connectivity index is 1.40. The summed E-state index contributed by atoms with van der Waals surface area (Å²) in [7, 11) is -3.99. The van der Waals surface area contributed by atoms with E-state index in [-0.39, 0.29) is 49.2 Å². The van der Waals surface area contributed by atoms with Gasteiger partial charge >= 0.3 is 5.97 Å². The maximum absolute atomic E-state index is 13.4. The molecule has 2 fully saturated rings. The number of piperidine rings is 1. The van der Waals surface area contributed by atoms with Crippen LogP contribution < -0.4 is 5.32 Å². The Morgan fingerprint density at radius 2 is 1.81 bits per heavy atom. The average Bonchev–Trinajstić information content (AvgIpc) is 3.42. The standard InChI is InChI=1S/C28H33N5O8S/c34-27(31-10-4-1-5-11-31)19-41-28(35)25(16-20-18-29-23-7-3-2-6-22(20)23)30-24-9-8-21(17-26(24)33(36)37)42(38,39)32-12-14-40-15-13-32/h2-3,6-9,17-18,25,29-30H,1,4-5,10-16,19H2/t25-/m0/s1. The molecule has 13 nitrogen and oxygen atoms in total. The minimum Gasteiger partial charge on any atom is -0.454 e. The van der Waals surface area contributed by atoms with Crippen LogP contribution in [-0.4, -0.2) is 91.4 Å². The third-order valence-electron chi connectivity index (χ3n) is 7.53. The van der Waals surface area contributed by atoms with Gasteiger partial charge in [0.25, 0.3) is 11.6 Å². The van der Waals surface area contributed by atoms with Gasteiger partial charge in [-0.25, -0.2) is 13.2 Å². The van der Waals surface area contributed by atoms with Crippen molar-refractivity contribution in [1.29, 1.82) is 0 Å². The van der Waals surface area contributed by atoms with Gasteiger partial charge in [-0.3, -0.25) is 14.9 Å². The molecule has 2 aliphatic heterocycles. The number of fused-ring (bicyclic) bond motifs is 1. The summed E-state index contributed by atoms with van der Waals surface area (Å²) >= 11 is 0. The van der Waals surface area contributed by atoms with Crippen LogP contribution >= 0.6 is 0 Å². The SMILES string of the molecule is O=C(OCC(=O)N1CCCCC1)[C@H](Cc1c[nH]c2ccccc12)Nc1ccc(S(=O)(=O)N2CCOCC2)cc1[N+](=O)[O-]. The van der Waals surface area contributed by atoms with Gasteiger partial charge in [0.1, 0.15) is 11.7 Å². The second-order valence-electron chi connectivity index (χ2n) is 10.3. The van der Waals surface area contributed by atoms with E-state index in [2.05, 4.69) is 10.3 Å². The number of aromatic nitrogens is 1. The first kappa shape index (κ1) is 29.5. The van der Waals surface area contributed by atoms with E-state index in [1.807, 2.05) is 24.3 Å². The summed E-state index contributed by atoms with van der Waals surface area (Å²) in [4.78, 5) is 42.0. The van der Waals surface area contributed by atoms with E-state index < -0.39 is 39.3 Å². The molecule has 2 aliphatic rings. The van der Waals surface area contributed by atoms with E-state index in [0.29, 0.717) is 13.1 Å². The largest absolute Gasteiger partial charge is 0.454 e. The number of likely N-dealkylation sites (tertiary alicyclic amines) is 1. The van der Waals surface area contributed by atoms with Gasteiger partial charge in [0.05, 0.1) is 23.0 Å². The first-order valence-electron chi connectivity index (χ1n) is 13.9. The molecule has 3 aromatic rings. The molecule has 2 N–H and O–H groups in total. The lowest BCUT2D eigenvalue weighted by Gasteiger charge is -2.27. The molecule has 42 heavy (non-hydrogen) atoms. The number of carbonyl (C=O) groups excluding carboxylic acids is 2. The average molecular weight is 600 g/mol. The van der Waals surface area contributed by atoms with Crippen LogP contribution in [0.5, 0.6) is 0 Å². The number of sulfonamides is 1. The molecule has 5 rings (SSSR count). The minimum atomic E-state index is -3.99. The number of hydrogen-bond donors (Lipinski definition) is 2. The highest BCUT2D eigenvalue weighted by atomic mass is 32.2. The van der Waals surface area contributed by atoms with Crippen molar-refractivity contribution in [2.75, 3.05) is 51.3 Å². The molecule has 2 aromatic carbocycles. The Morgan fingerprint density at radius 3 is 2.55 bits per heavy atom. The number of nitrogens with one attached hydrogen (secondary N) is 2. The molecule has 0 saturated carbocycles. The number of anilines is 1. The molecular weight excluding hydrogens is 566 g/mol. The summed E-state index contributed by atoms with van der Waals surface area (Å²) in [6.07, 6.45) is 4.67. The number of rotatable bonds is 10. The smallest absolute Gasteiger partial charge is 0.329 e. The zero-order valence-electron chi connectivity index (χ0n) is 23.0. The summed E-state index contributed by atoms with van der Waals surface area (Å²) in [6, 6.07) is 9.92. The van der Waals surface area contributed by atoms with Crippen LogP contribution in [0.4, 0.5) is 11.4 Å². The molecule has 0 bridgehead atoms. The van der Waals surface area contributed by atoms with Crippen molar-refractivity contribution in [2.24, 2.45) is 0 Å². The van der Waals surface area contributed by atoms with Crippen LogP contribution in [0.25, 0.3) is 10.9 Å². The fraction of sp³-hybridized carbons (Fsp3) is 0.429. The molecule has 0 aliphatic carbocycles. The fourth-order valence-electron chi connectivity index (χ4n) is 5.25. The molecule has 0 unspecified atom stereocenters. The van der Waals surface area contributed by atoms with Crippen LogP contribution in [0.1, 0.15) is 24.8 Å². The van der Waals surface area contributed by atoms with Crippen molar-refractivity contribution < 1.29 is 32.4 Å². The Morgan fingerprint density at radius 1 is 1.07 bits per heavy atom. The van der Waals surface area contributed by atoms with Crippen molar-refractivity contribution in [3.63, 3.8) is 0 Å². The predicted molar refractivity (Wildman–Crippen MR) is 153 cm³/mol. The summed E-state index contributed by atoms with van der Waals surface area (Å²) in [5, 5.41) is 15.8. The van der Waals surface area contributed by atoms with Gasteiger partial charge in [0.2, 0.25) is 10.0 Å². The second kappa shape index (κ2) is 12.9. The van der Waals surface area contributed by atoms with Gasteiger partial charge in [-0.15, -0.1) is 0 Å². The maximum Gasteiger partial charge on any atom is 0.329 e. The van der Waals surface area contributed by atoms with Gasteiger partial charge in [0, 0.05) is 55.8 Å². The maximum atomic E-state index is 13.4. The van der Waals surface area contributed by atoms with E-state index in [4.69, 9.17) is 9.47 Å². The highest BCUT2D eigenvalue weighted by molar-refractivity contribution is 7.89. The Kier molecular flexibility index (Phi) is 9.04. The summed E-state index contributed by atoms with van der Waals surface area (Å²) in [6.45, 7) is 1.54. The van der Waals surface area contributed by atoms with Crippen LogP contribution in [0.2, 0.25) is 0 Å². The number of nitrogens with zero attached hydrogens (tertiary/aromatic N) is 3. The third-order valence-corrected chi connectivity index (χ3v) is 9.43. The highest BCUT2D eigenvalue weighted by Gasteiger charge is 2.31. The second-order valence-corrected chi connectivity index (χ2v) is 12.2. The van der Waals surface area contributed by atoms with Crippen LogP contribution in [0.15, 0.2) is 53.6 Å². The Bertz CT molecular complexity index is 1560. The van der Waals surface area contributed by atoms with Crippen molar-refractivity contribution in [2.45, 2.75) is 36.6 Å². The number of H-pyrrole nitrogens is 1. The van der Waals surface area contributed by atoms with E-state index in [9.17, 15) is 28.1 Å².